The predicted molar refractivity (Wildman–Crippen MR) is 86.6 cm³/mol. The zero-order valence-electron chi connectivity index (χ0n) is 11.7. The topological polar surface area (TPSA) is 47.6 Å². The molecular weight excluding hydrogens is 377 g/mol. The van der Waals surface area contributed by atoms with Gasteiger partial charge in [-0.2, -0.15) is 0 Å². The Morgan fingerprint density at radius 1 is 1.18 bits per heavy atom. The first-order valence-corrected chi connectivity index (χ1v) is 7.31. The molecule has 2 aromatic rings. The molecule has 0 atom stereocenters. The third-order valence-electron chi connectivity index (χ3n) is 2.90. The van der Waals surface area contributed by atoms with Crippen molar-refractivity contribution in [2.75, 3.05) is 19.5 Å². The maximum atomic E-state index is 13.7. The van der Waals surface area contributed by atoms with Gasteiger partial charge in [-0.15, -0.1) is 0 Å². The number of benzene rings is 2. The normalized spacial score (nSPS) is 10.2. The molecule has 0 saturated heterocycles. The largest absolute Gasteiger partial charge is 0.495 e. The van der Waals surface area contributed by atoms with E-state index in [0.717, 1.165) is 0 Å². The van der Waals surface area contributed by atoms with E-state index >= 15 is 0 Å². The minimum Gasteiger partial charge on any atom is -0.495 e. The molecule has 22 heavy (non-hydrogen) atoms. The summed E-state index contributed by atoms with van der Waals surface area (Å²) in [6, 6.07) is 7.12. The number of nitrogens with one attached hydrogen (secondary N) is 1. The summed E-state index contributed by atoms with van der Waals surface area (Å²) in [5.74, 6) is -0.479. The van der Waals surface area contributed by atoms with Crippen LogP contribution in [0.25, 0.3) is 0 Å². The Labute approximate surface area is 140 Å². The van der Waals surface area contributed by atoms with Crippen molar-refractivity contribution in [1.82, 2.24) is 0 Å². The Morgan fingerprint density at radius 3 is 2.50 bits per heavy atom. The fourth-order valence-corrected chi connectivity index (χ4v) is 2.42. The Balaban J connectivity index is 2.36. The van der Waals surface area contributed by atoms with E-state index in [9.17, 15) is 9.18 Å². The quantitative estimate of drug-likeness (QED) is 0.838. The molecule has 0 aromatic heterocycles. The molecule has 0 unspecified atom stereocenters. The molecule has 116 valence electrons. The van der Waals surface area contributed by atoms with Gasteiger partial charge in [-0.3, -0.25) is 4.79 Å². The fraction of sp³-hybridized carbons (Fsp3) is 0.133. The monoisotopic (exact) mass is 387 g/mol. The van der Waals surface area contributed by atoms with Crippen LogP contribution in [-0.4, -0.2) is 20.1 Å². The molecule has 7 heteroatoms. The number of amides is 1. The van der Waals surface area contributed by atoms with Crippen LogP contribution in [0, 0.1) is 5.82 Å². The van der Waals surface area contributed by atoms with E-state index in [2.05, 4.69) is 21.2 Å². The maximum Gasteiger partial charge on any atom is 0.258 e. The van der Waals surface area contributed by atoms with Crippen molar-refractivity contribution in [1.29, 1.82) is 0 Å². The van der Waals surface area contributed by atoms with Gasteiger partial charge in [0.25, 0.3) is 5.91 Å². The van der Waals surface area contributed by atoms with Gasteiger partial charge in [-0.05, 0) is 24.3 Å². The molecule has 1 amide bonds. The lowest BCUT2D eigenvalue weighted by Crippen LogP contribution is -2.14. The summed E-state index contributed by atoms with van der Waals surface area (Å²) >= 11 is 9.23. The van der Waals surface area contributed by atoms with Crippen molar-refractivity contribution in [3.05, 3.63) is 51.2 Å². The van der Waals surface area contributed by atoms with Crippen molar-refractivity contribution in [2.45, 2.75) is 0 Å². The number of hydrogen-bond donors (Lipinski definition) is 1. The summed E-state index contributed by atoms with van der Waals surface area (Å²) in [6.45, 7) is 0. The Hall–Kier alpha value is -1.79. The van der Waals surface area contributed by atoms with Gasteiger partial charge in [0.15, 0.2) is 0 Å². The van der Waals surface area contributed by atoms with Crippen LogP contribution < -0.4 is 14.8 Å². The Morgan fingerprint density at radius 2 is 1.86 bits per heavy atom. The molecular formula is C15H12BrClFNO3. The second-order valence-corrected chi connectivity index (χ2v) is 5.59. The smallest absolute Gasteiger partial charge is 0.258 e. The second-order valence-electron chi connectivity index (χ2n) is 4.27. The molecule has 2 rings (SSSR count). The summed E-state index contributed by atoms with van der Waals surface area (Å²) in [4.78, 5) is 12.2. The van der Waals surface area contributed by atoms with Gasteiger partial charge >= 0.3 is 0 Å². The van der Waals surface area contributed by atoms with Gasteiger partial charge in [-0.1, -0.05) is 27.5 Å². The third kappa shape index (κ3) is 3.51. The second kappa shape index (κ2) is 6.98. The number of methoxy groups -OCH3 is 2. The standard InChI is InChI=1S/C15H12BrClFNO3/c1-21-13-7-14(22-2)12(6-10(13)17)19-15(20)9-5-8(16)3-4-11(9)18/h3-7H,1-2H3,(H,19,20). The van der Waals surface area contributed by atoms with Gasteiger partial charge in [0.2, 0.25) is 0 Å². The number of rotatable bonds is 4. The van der Waals surface area contributed by atoms with E-state index in [0.29, 0.717) is 26.7 Å². The van der Waals surface area contributed by atoms with E-state index in [1.807, 2.05) is 0 Å². The average molecular weight is 389 g/mol. The summed E-state index contributed by atoms with van der Waals surface area (Å²) < 4.78 is 24.6. The number of anilines is 1. The van der Waals surface area contributed by atoms with Crippen molar-refractivity contribution < 1.29 is 18.7 Å². The Kier molecular flexibility index (Phi) is 5.26. The highest BCUT2D eigenvalue weighted by molar-refractivity contribution is 9.10. The summed E-state index contributed by atoms with van der Waals surface area (Å²) in [5.41, 5.74) is 0.223. The van der Waals surface area contributed by atoms with E-state index in [4.69, 9.17) is 21.1 Å². The highest BCUT2D eigenvalue weighted by atomic mass is 79.9. The van der Waals surface area contributed by atoms with Crippen LogP contribution in [-0.2, 0) is 0 Å². The van der Waals surface area contributed by atoms with Gasteiger partial charge in [0.05, 0.1) is 30.5 Å². The predicted octanol–water partition coefficient (Wildman–Crippen LogP) is 4.51. The van der Waals surface area contributed by atoms with E-state index in [1.165, 1.54) is 44.6 Å². The maximum absolute atomic E-state index is 13.7. The minimum atomic E-state index is -0.626. The van der Waals surface area contributed by atoms with Crippen molar-refractivity contribution in [3.8, 4) is 11.5 Å². The lowest BCUT2D eigenvalue weighted by molar-refractivity contribution is 0.102. The number of carbonyl (C=O) groups is 1. The SMILES string of the molecule is COc1cc(OC)c(NC(=O)c2cc(Br)ccc2F)cc1Cl. The first kappa shape index (κ1) is 16.6. The molecule has 1 N–H and O–H groups in total. The molecule has 2 aromatic carbocycles. The zero-order chi connectivity index (χ0) is 16.3. The fourth-order valence-electron chi connectivity index (χ4n) is 1.82. The molecule has 0 aliphatic heterocycles. The first-order chi connectivity index (χ1) is 10.5. The highest BCUT2D eigenvalue weighted by Gasteiger charge is 2.16. The van der Waals surface area contributed by atoms with E-state index < -0.39 is 11.7 Å². The molecule has 0 bridgehead atoms. The molecule has 0 aliphatic carbocycles. The number of hydrogen-bond acceptors (Lipinski definition) is 3. The van der Waals surface area contributed by atoms with Crippen LogP contribution in [0.5, 0.6) is 11.5 Å². The molecule has 0 fully saturated rings. The minimum absolute atomic E-state index is 0.0941. The van der Waals surface area contributed by atoms with Gasteiger partial charge in [-0.25, -0.2) is 4.39 Å². The van der Waals surface area contributed by atoms with Gasteiger partial charge in [0.1, 0.15) is 17.3 Å². The van der Waals surface area contributed by atoms with E-state index in [-0.39, 0.29) is 5.56 Å². The molecule has 0 radical (unpaired) electrons. The number of carbonyl (C=O) groups excluding carboxylic acids is 1. The van der Waals surface area contributed by atoms with Crippen LogP contribution in [0.4, 0.5) is 10.1 Å². The molecule has 4 nitrogen and oxygen atoms in total. The summed E-state index contributed by atoms with van der Waals surface area (Å²) in [6.07, 6.45) is 0. The average Bonchev–Trinajstić information content (AvgIpc) is 2.50. The lowest BCUT2D eigenvalue weighted by atomic mass is 10.2. The van der Waals surface area contributed by atoms with Crippen LogP contribution in [0.15, 0.2) is 34.8 Å². The Bertz CT molecular complexity index is 724. The van der Waals surface area contributed by atoms with Crippen molar-refractivity contribution in [3.63, 3.8) is 0 Å². The van der Waals surface area contributed by atoms with Crippen LogP contribution >= 0.6 is 27.5 Å². The summed E-state index contributed by atoms with van der Waals surface area (Å²) in [5, 5.41) is 2.87. The number of halogens is 3. The lowest BCUT2D eigenvalue weighted by Gasteiger charge is -2.13. The van der Waals surface area contributed by atoms with Crippen LogP contribution in [0.2, 0.25) is 5.02 Å². The molecule has 0 aliphatic rings. The van der Waals surface area contributed by atoms with Crippen molar-refractivity contribution in [2.24, 2.45) is 0 Å². The summed E-state index contributed by atoms with van der Waals surface area (Å²) in [7, 11) is 2.91. The molecule has 0 heterocycles. The number of ether oxygens (including phenoxy) is 2. The van der Waals surface area contributed by atoms with E-state index in [1.54, 1.807) is 0 Å². The van der Waals surface area contributed by atoms with Crippen molar-refractivity contribution >= 4 is 39.1 Å². The third-order valence-corrected chi connectivity index (χ3v) is 3.68. The van der Waals surface area contributed by atoms with Crippen LogP contribution in [0.3, 0.4) is 0 Å². The highest BCUT2D eigenvalue weighted by Crippen LogP contribution is 2.36. The molecule has 0 spiro atoms. The van der Waals surface area contributed by atoms with Gasteiger partial charge in [0, 0.05) is 10.5 Å². The zero-order valence-corrected chi connectivity index (χ0v) is 14.1. The van der Waals surface area contributed by atoms with Crippen LogP contribution in [0.1, 0.15) is 10.4 Å². The van der Waals surface area contributed by atoms with Gasteiger partial charge < -0.3 is 14.8 Å². The molecule has 0 saturated carbocycles. The first-order valence-electron chi connectivity index (χ1n) is 6.14.